The number of imidazole rings is 1. The molecular formula is C14H19N3O3S. The molecule has 0 aliphatic carbocycles. The highest BCUT2D eigenvalue weighted by atomic mass is 32.2. The molecule has 0 spiro atoms. The van der Waals surface area contributed by atoms with Crippen molar-refractivity contribution in [3.05, 3.63) is 24.5 Å². The van der Waals surface area contributed by atoms with Crippen LogP contribution in [0.3, 0.4) is 0 Å². The highest BCUT2D eigenvalue weighted by molar-refractivity contribution is 7.89. The Balaban J connectivity index is 1.90. The SMILES string of the molecule is CC(C)(O)C1CCN(S(=O)(=O)c2ccc3nc[nH]c3c2)C1. The summed E-state index contributed by atoms with van der Waals surface area (Å²) in [6.07, 6.45) is 2.22. The fourth-order valence-electron chi connectivity index (χ4n) is 2.75. The van der Waals surface area contributed by atoms with Crippen LogP contribution in [-0.2, 0) is 10.0 Å². The van der Waals surface area contributed by atoms with Crippen molar-refractivity contribution >= 4 is 21.1 Å². The average molecular weight is 309 g/mol. The molecule has 21 heavy (non-hydrogen) atoms. The number of benzene rings is 1. The fourth-order valence-corrected chi connectivity index (χ4v) is 4.27. The van der Waals surface area contributed by atoms with E-state index in [4.69, 9.17) is 0 Å². The smallest absolute Gasteiger partial charge is 0.243 e. The van der Waals surface area contributed by atoms with E-state index >= 15 is 0 Å². The van der Waals surface area contributed by atoms with Crippen molar-refractivity contribution < 1.29 is 13.5 Å². The summed E-state index contributed by atoms with van der Waals surface area (Å²) in [6, 6.07) is 4.88. The van der Waals surface area contributed by atoms with Crippen LogP contribution in [0, 0.1) is 5.92 Å². The standard InChI is InChI=1S/C14H19N3O3S/c1-14(2,18)10-5-6-17(8-10)21(19,20)11-3-4-12-13(7-11)16-9-15-12/h3-4,7,9-10,18H,5-6,8H2,1-2H3,(H,15,16). The summed E-state index contributed by atoms with van der Waals surface area (Å²) >= 11 is 0. The zero-order valence-corrected chi connectivity index (χ0v) is 12.9. The Morgan fingerprint density at radius 1 is 1.43 bits per heavy atom. The highest BCUT2D eigenvalue weighted by Crippen LogP contribution is 2.31. The van der Waals surface area contributed by atoms with E-state index < -0.39 is 15.6 Å². The summed E-state index contributed by atoms with van der Waals surface area (Å²) in [5.74, 6) is -0.0387. The van der Waals surface area contributed by atoms with Crippen molar-refractivity contribution in [1.29, 1.82) is 0 Å². The number of nitrogens with one attached hydrogen (secondary N) is 1. The number of H-pyrrole nitrogens is 1. The van der Waals surface area contributed by atoms with Crippen LogP contribution in [-0.4, -0.2) is 46.5 Å². The molecule has 1 aromatic heterocycles. The van der Waals surface area contributed by atoms with Crippen molar-refractivity contribution in [3.8, 4) is 0 Å². The van der Waals surface area contributed by atoms with Crippen LogP contribution in [0.25, 0.3) is 11.0 Å². The van der Waals surface area contributed by atoms with Crippen LogP contribution in [0.15, 0.2) is 29.4 Å². The zero-order chi connectivity index (χ0) is 15.3. The van der Waals surface area contributed by atoms with Crippen LogP contribution in [0.2, 0.25) is 0 Å². The zero-order valence-electron chi connectivity index (χ0n) is 12.1. The molecule has 0 saturated carbocycles. The maximum absolute atomic E-state index is 12.7. The van der Waals surface area contributed by atoms with Gasteiger partial charge in [-0.2, -0.15) is 4.31 Å². The molecular weight excluding hydrogens is 290 g/mol. The van der Waals surface area contributed by atoms with Gasteiger partial charge in [0.1, 0.15) is 0 Å². The number of aromatic amines is 1. The lowest BCUT2D eigenvalue weighted by Gasteiger charge is -2.25. The van der Waals surface area contributed by atoms with Gasteiger partial charge < -0.3 is 10.1 Å². The first-order valence-corrected chi connectivity index (χ1v) is 8.38. The molecule has 2 heterocycles. The number of aliphatic hydroxyl groups is 1. The van der Waals surface area contributed by atoms with Crippen LogP contribution < -0.4 is 0 Å². The lowest BCUT2D eigenvalue weighted by atomic mass is 9.91. The summed E-state index contributed by atoms with van der Waals surface area (Å²) < 4.78 is 26.8. The monoisotopic (exact) mass is 309 g/mol. The predicted molar refractivity (Wildman–Crippen MR) is 79.3 cm³/mol. The van der Waals surface area contributed by atoms with Crippen molar-refractivity contribution in [3.63, 3.8) is 0 Å². The molecule has 1 aliphatic heterocycles. The first kappa shape index (κ1) is 14.5. The van der Waals surface area contributed by atoms with Gasteiger partial charge in [0.05, 0.1) is 27.9 Å². The summed E-state index contributed by atoms with van der Waals surface area (Å²) in [5, 5.41) is 10.1. The molecule has 1 atom stereocenters. The summed E-state index contributed by atoms with van der Waals surface area (Å²) in [6.45, 7) is 4.25. The minimum absolute atomic E-state index is 0.0387. The maximum Gasteiger partial charge on any atom is 0.243 e. The third-order valence-corrected chi connectivity index (χ3v) is 6.04. The quantitative estimate of drug-likeness (QED) is 0.896. The first-order valence-electron chi connectivity index (χ1n) is 6.94. The third kappa shape index (κ3) is 2.56. The van der Waals surface area contributed by atoms with Gasteiger partial charge in [0.2, 0.25) is 10.0 Å². The van der Waals surface area contributed by atoms with Gasteiger partial charge in [0.15, 0.2) is 0 Å². The molecule has 3 rings (SSSR count). The molecule has 2 aromatic rings. The number of hydrogen-bond donors (Lipinski definition) is 2. The molecule has 7 heteroatoms. The Hall–Kier alpha value is -1.44. The number of aromatic nitrogens is 2. The molecule has 1 saturated heterocycles. The Labute approximate surface area is 123 Å². The fraction of sp³-hybridized carbons (Fsp3) is 0.500. The van der Waals surface area contributed by atoms with Gasteiger partial charge in [-0.1, -0.05) is 0 Å². The number of rotatable bonds is 3. The van der Waals surface area contributed by atoms with Crippen LogP contribution in [0.5, 0.6) is 0 Å². The van der Waals surface area contributed by atoms with Gasteiger partial charge >= 0.3 is 0 Å². The largest absolute Gasteiger partial charge is 0.390 e. The number of nitrogens with zero attached hydrogens (tertiary/aromatic N) is 2. The van der Waals surface area contributed by atoms with E-state index in [1.807, 2.05) is 0 Å². The van der Waals surface area contributed by atoms with E-state index in [0.717, 1.165) is 5.52 Å². The Morgan fingerprint density at radius 3 is 2.86 bits per heavy atom. The van der Waals surface area contributed by atoms with Gasteiger partial charge in [0.25, 0.3) is 0 Å². The van der Waals surface area contributed by atoms with Gasteiger partial charge in [-0.05, 0) is 38.5 Å². The molecule has 0 radical (unpaired) electrons. The minimum Gasteiger partial charge on any atom is -0.390 e. The third-order valence-electron chi connectivity index (χ3n) is 4.18. The van der Waals surface area contributed by atoms with Crippen molar-refractivity contribution in [1.82, 2.24) is 14.3 Å². The average Bonchev–Trinajstić information content (AvgIpc) is 3.06. The van der Waals surface area contributed by atoms with E-state index in [2.05, 4.69) is 9.97 Å². The predicted octanol–water partition coefficient (Wildman–Crippen LogP) is 1.34. The van der Waals surface area contributed by atoms with E-state index in [1.54, 1.807) is 38.4 Å². The van der Waals surface area contributed by atoms with Crippen molar-refractivity contribution in [2.45, 2.75) is 30.8 Å². The molecule has 114 valence electrons. The molecule has 0 bridgehead atoms. The lowest BCUT2D eigenvalue weighted by molar-refractivity contribution is 0.0236. The molecule has 1 aromatic carbocycles. The Morgan fingerprint density at radius 2 is 2.19 bits per heavy atom. The number of hydrogen-bond acceptors (Lipinski definition) is 4. The van der Waals surface area contributed by atoms with E-state index in [0.29, 0.717) is 25.0 Å². The van der Waals surface area contributed by atoms with Gasteiger partial charge in [-0.15, -0.1) is 0 Å². The molecule has 0 amide bonds. The Kier molecular flexibility index (Phi) is 3.31. The summed E-state index contributed by atoms with van der Waals surface area (Å²) in [4.78, 5) is 7.27. The molecule has 1 fully saturated rings. The maximum atomic E-state index is 12.7. The lowest BCUT2D eigenvalue weighted by Crippen LogP contribution is -2.35. The van der Waals surface area contributed by atoms with E-state index in [1.165, 1.54) is 4.31 Å². The normalized spacial score (nSPS) is 21.2. The Bertz CT molecular complexity index is 761. The first-order chi connectivity index (χ1) is 9.78. The van der Waals surface area contributed by atoms with Crippen molar-refractivity contribution in [2.24, 2.45) is 5.92 Å². The molecule has 1 aliphatic rings. The van der Waals surface area contributed by atoms with E-state index in [9.17, 15) is 13.5 Å². The minimum atomic E-state index is -3.53. The van der Waals surface area contributed by atoms with Crippen LogP contribution in [0.4, 0.5) is 0 Å². The second-order valence-electron chi connectivity index (χ2n) is 6.08. The molecule has 6 nitrogen and oxygen atoms in total. The second-order valence-corrected chi connectivity index (χ2v) is 8.02. The van der Waals surface area contributed by atoms with E-state index in [-0.39, 0.29) is 10.8 Å². The topological polar surface area (TPSA) is 86.3 Å². The summed E-state index contributed by atoms with van der Waals surface area (Å²) in [5.41, 5.74) is 0.580. The molecule has 2 N–H and O–H groups in total. The number of fused-ring (bicyclic) bond motifs is 1. The molecule has 1 unspecified atom stereocenters. The van der Waals surface area contributed by atoms with Gasteiger partial charge in [-0.3, -0.25) is 0 Å². The van der Waals surface area contributed by atoms with Crippen LogP contribution in [0.1, 0.15) is 20.3 Å². The van der Waals surface area contributed by atoms with Crippen LogP contribution >= 0.6 is 0 Å². The number of sulfonamides is 1. The summed E-state index contributed by atoms with van der Waals surface area (Å²) in [7, 11) is -3.53. The van der Waals surface area contributed by atoms with Crippen molar-refractivity contribution in [2.75, 3.05) is 13.1 Å². The van der Waals surface area contributed by atoms with Gasteiger partial charge in [-0.25, -0.2) is 13.4 Å². The highest BCUT2D eigenvalue weighted by Gasteiger charge is 2.38. The second kappa shape index (κ2) is 4.79. The van der Waals surface area contributed by atoms with Gasteiger partial charge in [0, 0.05) is 19.0 Å².